The molecule has 0 radical (unpaired) electrons. The zero-order chi connectivity index (χ0) is 13.4. The number of amides is 1. The number of aromatic nitrogens is 2. The van der Waals surface area contributed by atoms with E-state index in [0.717, 1.165) is 16.3 Å². The van der Waals surface area contributed by atoms with Gasteiger partial charge in [0, 0.05) is 30.4 Å². The molecule has 3 heterocycles. The molecule has 0 bridgehead atoms. The molecule has 0 aliphatic carbocycles. The molecule has 0 spiro atoms. The minimum absolute atomic E-state index is 0.137. The lowest BCUT2D eigenvalue weighted by Crippen LogP contribution is -2.40. The molecule has 1 saturated heterocycles. The van der Waals surface area contributed by atoms with Crippen molar-refractivity contribution in [1.82, 2.24) is 14.3 Å². The van der Waals surface area contributed by atoms with Crippen LogP contribution in [0, 0.1) is 6.92 Å². The number of carbonyl (C=O) groups is 1. The predicted molar refractivity (Wildman–Crippen MR) is 73.3 cm³/mol. The van der Waals surface area contributed by atoms with Gasteiger partial charge in [-0.1, -0.05) is 0 Å². The summed E-state index contributed by atoms with van der Waals surface area (Å²) in [4.78, 5) is 19.4. The van der Waals surface area contributed by atoms with Crippen LogP contribution in [0.2, 0.25) is 0 Å². The van der Waals surface area contributed by atoms with Gasteiger partial charge in [-0.05, 0) is 19.8 Å². The first-order chi connectivity index (χ1) is 9.13. The maximum atomic E-state index is 12.2. The molecule has 0 saturated carbocycles. The van der Waals surface area contributed by atoms with Gasteiger partial charge in [0.05, 0.1) is 18.2 Å². The fourth-order valence-electron chi connectivity index (χ4n) is 2.45. The van der Waals surface area contributed by atoms with Crippen molar-refractivity contribution in [2.45, 2.75) is 32.3 Å². The molecule has 1 aliphatic heterocycles. The maximum Gasteiger partial charge on any atom is 0.228 e. The van der Waals surface area contributed by atoms with E-state index in [0.29, 0.717) is 32.4 Å². The van der Waals surface area contributed by atoms with Gasteiger partial charge in [-0.2, -0.15) is 0 Å². The van der Waals surface area contributed by atoms with Crippen LogP contribution in [-0.2, 0) is 11.2 Å². The SMILES string of the molecule is Cc1cn2c(CC(=O)N3CCC(O)CC3)csc2n1. The van der Waals surface area contributed by atoms with Crippen LogP contribution >= 0.6 is 11.3 Å². The zero-order valence-corrected chi connectivity index (χ0v) is 11.7. The third-order valence-corrected chi connectivity index (χ3v) is 4.44. The molecule has 1 fully saturated rings. The normalized spacial score (nSPS) is 17.3. The Bertz CT molecular complexity index is 596. The van der Waals surface area contributed by atoms with Crippen LogP contribution in [0.25, 0.3) is 4.96 Å². The number of carbonyl (C=O) groups excluding carboxylic acids is 1. The van der Waals surface area contributed by atoms with Gasteiger partial charge in [0.1, 0.15) is 0 Å². The number of imidazole rings is 1. The van der Waals surface area contributed by atoms with Gasteiger partial charge in [-0.15, -0.1) is 11.3 Å². The van der Waals surface area contributed by atoms with Crippen molar-refractivity contribution < 1.29 is 9.90 Å². The molecular weight excluding hydrogens is 262 g/mol. The molecular formula is C13H17N3O2S. The number of aliphatic hydroxyl groups is 1. The molecule has 2 aromatic heterocycles. The van der Waals surface area contributed by atoms with E-state index in [1.54, 1.807) is 11.3 Å². The van der Waals surface area contributed by atoms with Gasteiger partial charge in [0.2, 0.25) is 5.91 Å². The number of thiazole rings is 1. The van der Waals surface area contributed by atoms with Gasteiger partial charge < -0.3 is 10.0 Å². The second kappa shape index (κ2) is 4.94. The van der Waals surface area contributed by atoms with Crippen LogP contribution in [0.3, 0.4) is 0 Å². The molecule has 19 heavy (non-hydrogen) atoms. The highest BCUT2D eigenvalue weighted by molar-refractivity contribution is 7.15. The second-order valence-electron chi connectivity index (χ2n) is 5.05. The van der Waals surface area contributed by atoms with Crippen LogP contribution in [0.1, 0.15) is 24.2 Å². The number of aliphatic hydroxyl groups excluding tert-OH is 1. The van der Waals surface area contributed by atoms with Crippen molar-refractivity contribution >= 4 is 22.2 Å². The fourth-order valence-corrected chi connectivity index (χ4v) is 3.37. The number of rotatable bonds is 2. The zero-order valence-electron chi connectivity index (χ0n) is 10.9. The summed E-state index contributed by atoms with van der Waals surface area (Å²) < 4.78 is 2.00. The Morgan fingerprint density at radius 1 is 1.53 bits per heavy atom. The molecule has 5 nitrogen and oxygen atoms in total. The number of nitrogens with zero attached hydrogens (tertiary/aromatic N) is 3. The Hall–Kier alpha value is -1.40. The Kier molecular flexibility index (Phi) is 3.28. The monoisotopic (exact) mass is 279 g/mol. The van der Waals surface area contributed by atoms with E-state index in [4.69, 9.17) is 0 Å². The number of piperidine rings is 1. The average Bonchev–Trinajstić information content (AvgIpc) is 2.91. The number of hydrogen-bond acceptors (Lipinski definition) is 4. The quantitative estimate of drug-likeness (QED) is 0.899. The van der Waals surface area contributed by atoms with Gasteiger partial charge in [-0.25, -0.2) is 4.98 Å². The van der Waals surface area contributed by atoms with Gasteiger partial charge >= 0.3 is 0 Å². The summed E-state index contributed by atoms with van der Waals surface area (Å²) in [6.07, 6.45) is 3.51. The summed E-state index contributed by atoms with van der Waals surface area (Å²) in [5, 5.41) is 11.5. The van der Waals surface area contributed by atoms with E-state index in [1.165, 1.54) is 0 Å². The summed E-state index contributed by atoms with van der Waals surface area (Å²) in [5.41, 5.74) is 1.97. The largest absolute Gasteiger partial charge is 0.393 e. The van der Waals surface area contributed by atoms with E-state index in [1.807, 2.05) is 27.8 Å². The highest BCUT2D eigenvalue weighted by Gasteiger charge is 2.22. The van der Waals surface area contributed by atoms with Crippen LogP contribution in [0.5, 0.6) is 0 Å². The number of aryl methyl sites for hydroxylation is 1. The predicted octanol–water partition coefficient (Wildman–Crippen LogP) is 1.23. The summed E-state index contributed by atoms with van der Waals surface area (Å²) in [6, 6.07) is 0. The molecule has 3 rings (SSSR count). The van der Waals surface area contributed by atoms with Crippen molar-refractivity contribution in [2.24, 2.45) is 0 Å². The third-order valence-electron chi connectivity index (χ3n) is 3.55. The Morgan fingerprint density at radius 3 is 3.00 bits per heavy atom. The van der Waals surface area contributed by atoms with Gasteiger partial charge in [0.15, 0.2) is 4.96 Å². The van der Waals surface area contributed by atoms with Gasteiger partial charge in [-0.3, -0.25) is 9.20 Å². The van der Waals surface area contributed by atoms with E-state index < -0.39 is 0 Å². The maximum absolute atomic E-state index is 12.2. The second-order valence-corrected chi connectivity index (χ2v) is 5.89. The standard InChI is InChI=1S/C13H17N3O2S/c1-9-7-16-10(8-19-13(16)14-9)6-12(18)15-4-2-11(17)3-5-15/h7-8,11,17H,2-6H2,1H3. The lowest BCUT2D eigenvalue weighted by Gasteiger charge is -2.29. The van der Waals surface area contributed by atoms with Crippen LogP contribution in [-0.4, -0.2) is 44.5 Å². The van der Waals surface area contributed by atoms with E-state index in [-0.39, 0.29) is 12.0 Å². The van der Waals surface area contributed by atoms with E-state index in [9.17, 15) is 9.90 Å². The van der Waals surface area contributed by atoms with Crippen molar-refractivity contribution in [2.75, 3.05) is 13.1 Å². The Morgan fingerprint density at radius 2 is 2.26 bits per heavy atom. The smallest absolute Gasteiger partial charge is 0.228 e. The summed E-state index contributed by atoms with van der Waals surface area (Å²) in [6.45, 7) is 3.28. The molecule has 6 heteroatoms. The van der Waals surface area contributed by atoms with E-state index in [2.05, 4.69) is 4.98 Å². The lowest BCUT2D eigenvalue weighted by molar-refractivity contribution is -0.132. The Balaban J connectivity index is 1.72. The molecule has 1 aliphatic rings. The van der Waals surface area contributed by atoms with Gasteiger partial charge in [0.25, 0.3) is 0 Å². The number of hydrogen-bond donors (Lipinski definition) is 1. The molecule has 2 aromatic rings. The first kappa shape index (κ1) is 12.6. The first-order valence-electron chi connectivity index (χ1n) is 6.51. The highest BCUT2D eigenvalue weighted by Crippen LogP contribution is 2.18. The van der Waals surface area contributed by atoms with Crippen molar-refractivity contribution in [3.05, 3.63) is 23.0 Å². The molecule has 1 amide bonds. The van der Waals surface area contributed by atoms with Crippen LogP contribution in [0.15, 0.2) is 11.6 Å². The summed E-state index contributed by atoms with van der Waals surface area (Å²) in [5.74, 6) is 0.137. The first-order valence-corrected chi connectivity index (χ1v) is 7.39. The third kappa shape index (κ3) is 2.50. The Labute approximate surface area is 115 Å². The molecule has 0 unspecified atom stereocenters. The minimum Gasteiger partial charge on any atom is -0.393 e. The summed E-state index contributed by atoms with van der Waals surface area (Å²) in [7, 11) is 0. The molecule has 0 aromatic carbocycles. The average molecular weight is 279 g/mol. The van der Waals surface area contributed by atoms with Crippen molar-refractivity contribution in [1.29, 1.82) is 0 Å². The van der Waals surface area contributed by atoms with Crippen molar-refractivity contribution in [3.63, 3.8) is 0 Å². The topological polar surface area (TPSA) is 57.8 Å². The molecule has 102 valence electrons. The lowest BCUT2D eigenvalue weighted by atomic mass is 10.1. The number of fused-ring (bicyclic) bond motifs is 1. The van der Waals surface area contributed by atoms with Crippen molar-refractivity contribution in [3.8, 4) is 0 Å². The van der Waals surface area contributed by atoms with Crippen LogP contribution in [0.4, 0.5) is 0 Å². The number of likely N-dealkylation sites (tertiary alicyclic amines) is 1. The van der Waals surface area contributed by atoms with E-state index >= 15 is 0 Å². The highest BCUT2D eigenvalue weighted by atomic mass is 32.1. The fraction of sp³-hybridized carbons (Fsp3) is 0.538. The minimum atomic E-state index is -0.242. The summed E-state index contributed by atoms with van der Waals surface area (Å²) >= 11 is 1.56. The molecule has 1 N–H and O–H groups in total. The van der Waals surface area contributed by atoms with Crippen LogP contribution < -0.4 is 0 Å². The molecule has 0 atom stereocenters.